The fourth-order valence-electron chi connectivity index (χ4n) is 3.16. The van der Waals surface area contributed by atoms with Crippen LogP contribution < -0.4 is 16.0 Å². The van der Waals surface area contributed by atoms with E-state index in [9.17, 15) is 19.7 Å². The van der Waals surface area contributed by atoms with E-state index in [-0.39, 0.29) is 27.7 Å². The smallest absolute Gasteiger partial charge is 0.282 e. The Morgan fingerprint density at radius 1 is 0.853 bits per heavy atom. The van der Waals surface area contributed by atoms with Crippen LogP contribution in [0.5, 0.6) is 0 Å². The van der Waals surface area contributed by atoms with Gasteiger partial charge in [-0.05, 0) is 59.6 Å². The van der Waals surface area contributed by atoms with E-state index in [1.54, 1.807) is 36.4 Å². The molecule has 0 unspecified atom stereocenters. The number of thiocarbonyl (C=S) groups is 1. The summed E-state index contributed by atoms with van der Waals surface area (Å²) >= 11 is 5.17. The molecule has 3 N–H and O–H groups in total. The Balaban J connectivity index is 1.64. The Morgan fingerprint density at radius 2 is 1.47 bits per heavy atom. The minimum Gasteiger partial charge on any atom is -0.332 e. The molecule has 3 rings (SSSR count). The molecule has 0 radical (unpaired) electrons. The van der Waals surface area contributed by atoms with Crippen LogP contribution >= 0.6 is 12.2 Å². The Bertz CT molecular complexity index is 1250. The highest BCUT2D eigenvalue weighted by molar-refractivity contribution is 7.80. The van der Waals surface area contributed by atoms with Crippen LogP contribution in [0.3, 0.4) is 0 Å². The van der Waals surface area contributed by atoms with Crippen molar-refractivity contribution in [2.24, 2.45) is 0 Å². The predicted octanol–water partition coefficient (Wildman–Crippen LogP) is 5.27. The highest BCUT2D eigenvalue weighted by atomic mass is 32.1. The van der Waals surface area contributed by atoms with Crippen molar-refractivity contribution in [1.82, 2.24) is 5.32 Å². The minimum absolute atomic E-state index is 0.00568. The molecule has 0 spiro atoms. The molecule has 34 heavy (non-hydrogen) atoms. The first kappa shape index (κ1) is 24.5. The number of nitrogens with one attached hydrogen (secondary N) is 3. The van der Waals surface area contributed by atoms with Crippen LogP contribution in [0.2, 0.25) is 0 Å². The number of anilines is 2. The van der Waals surface area contributed by atoms with Crippen LogP contribution in [-0.4, -0.2) is 21.9 Å². The number of benzene rings is 3. The van der Waals surface area contributed by atoms with E-state index < -0.39 is 10.8 Å². The zero-order chi connectivity index (χ0) is 24.9. The molecule has 0 fully saturated rings. The number of hydrogen-bond acceptors (Lipinski definition) is 5. The Kier molecular flexibility index (Phi) is 7.37. The van der Waals surface area contributed by atoms with Crippen LogP contribution in [0.15, 0.2) is 72.8 Å². The van der Waals surface area contributed by atoms with Gasteiger partial charge in [0.1, 0.15) is 5.56 Å². The van der Waals surface area contributed by atoms with E-state index in [0.717, 1.165) is 5.56 Å². The van der Waals surface area contributed by atoms with E-state index in [4.69, 9.17) is 12.2 Å². The first-order valence-corrected chi connectivity index (χ1v) is 10.8. The van der Waals surface area contributed by atoms with Gasteiger partial charge in [0.25, 0.3) is 17.5 Å². The van der Waals surface area contributed by atoms with Crippen molar-refractivity contribution in [1.29, 1.82) is 0 Å². The molecular formula is C25H24N4O4S. The van der Waals surface area contributed by atoms with Gasteiger partial charge in [0.15, 0.2) is 5.11 Å². The molecule has 0 bridgehead atoms. The van der Waals surface area contributed by atoms with Crippen LogP contribution in [0, 0.1) is 10.1 Å². The molecule has 9 heteroatoms. The lowest BCUT2D eigenvalue weighted by atomic mass is 9.87. The summed E-state index contributed by atoms with van der Waals surface area (Å²) in [6, 6.07) is 19.8. The van der Waals surface area contributed by atoms with Gasteiger partial charge in [0, 0.05) is 23.0 Å². The second kappa shape index (κ2) is 10.2. The fourth-order valence-corrected chi connectivity index (χ4v) is 3.37. The van der Waals surface area contributed by atoms with Crippen molar-refractivity contribution >= 4 is 46.2 Å². The molecule has 0 aliphatic heterocycles. The summed E-state index contributed by atoms with van der Waals surface area (Å²) in [6.07, 6.45) is 0. The number of nitro benzene ring substituents is 1. The van der Waals surface area contributed by atoms with E-state index in [0.29, 0.717) is 16.9 Å². The third kappa shape index (κ3) is 6.23. The van der Waals surface area contributed by atoms with E-state index in [1.807, 2.05) is 12.1 Å². The van der Waals surface area contributed by atoms with Gasteiger partial charge >= 0.3 is 0 Å². The van der Waals surface area contributed by atoms with Gasteiger partial charge in [-0.3, -0.25) is 25.0 Å². The molecule has 0 saturated heterocycles. The minimum atomic E-state index is -0.701. The lowest BCUT2D eigenvalue weighted by Gasteiger charge is -2.19. The molecule has 8 nitrogen and oxygen atoms in total. The van der Waals surface area contributed by atoms with Crippen LogP contribution in [0.1, 0.15) is 47.1 Å². The molecule has 3 aromatic carbocycles. The third-order valence-electron chi connectivity index (χ3n) is 4.96. The second-order valence-corrected chi connectivity index (χ2v) is 8.95. The molecule has 0 aliphatic carbocycles. The molecule has 0 atom stereocenters. The van der Waals surface area contributed by atoms with Gasteiger partial charge in [0.2, 0.25) is 0 Å². The summed E-state index contributed by atoms with van der Waals surface area (Å²) in [5, 5.41) is 19.2. The number of hydrogen-bond donors (Lipinski definition) is 3. The number of amides is 2. The van der Waals surface area contributed by atoms with Crippen molar-refractivity contribution in [2.75, 3.05) is 10.6 Å². The van der Waals surface area contributed by atoms with E-state index in [1.165, 1.54) is 24.3 Å². The summed E-state index contributed by atoms with van der Waals surface area (Å²) in [5.41, 5.74) is 2.29. The standard InChI is InChI=1S/C25H24N4O4S/c1-25(2,3)17-13-11-16(12-14-17)22(30)26-18-7-6-8-19(15-18)27-24(34)28-23(31)20-9-4-5-10-21(20)29(32)33/h4-15H,1-3H3,(H,26,30)(H2,27,28,31,34). The van der Waals surface area contributed by atoms with Crippen molar-refractivity contribution in [3.63, 3.8) is 0 Å². The number of para-hydroxylation sites is 1. The highest BCUT2D eigenvalue weighted by Crippen LogP contribution is 2.23. The maximum absolute atomic E-state index is 12.6. The number of nitro groups is 1. The third-order valence-corrected chi connectivity index (χ3v) is 5.17. The summed E-state index contributed by atoms with van der Waals surface area (Å²) in [5.74, 6) is -0.960. The summed E-state index contributed by atoms with van der Waals surface area (Å²) in [4.78, 5) is 35.6. The average molecular weight is 477 g/mol. The quantitative estimate of drug-likeness (QED) is 0.263. The number of rotatable bonds is 5. The molecular weight excluding hydrogens is 452 g/mol. The maximum atomic E-state index is 12.6. The average Bonchev–Trinajstić information content (AvgIpc) is 2.78. The molecule has 2 amide bonds. The lowest BCUT2D eigenvalue weighted by Crippen LogP contribution is -2.34. The highest BCUT2D eigenvalue weighted by Gasteiger charge is 2.20. The Morgan fingerprint density at radius 3 is 2.09 bits per heavy atom. The number of carbonyl (C=O) groups excluding carboxylic acids is 2. The van der Waals surface area contributed by atoms with Gasteiger partial charge in [-0.1, -0.05) is 51.1 Å². The lowest BCUT2D eigenvalue weighted by molar-refractivity contribution is -0.385. The van der Waals surface area contributed by atoms with Gasteiger partial charge in [-0.25, -0.2) is 0 Å². The molecule has 0 saturated carbocycles. The predicted molar refractivity (Wildman–Crippen MR) is 136 cm³/mol. The number of carbonyl (C=O) groups is 2. The van der Waals surface area contributed by atoms with Gasteiger partial charge in [0.05, 0.1) is 4.92 Å². The van der Waals surface area contributed by atoms with Crippen molar-refractivity contribution in [3.8, 4) is 0 Å². The van der Waals surface area contributed by atoms with Crippen LogP contribution in [0.25, 0.3) is 0 Å². The zero-order valence-electron chi connectivity index (χ0n) is 18.9. The fraction of sp³-hybridized carbons (Fsp3) is 0.160. The summed E-state index contributed by atoms with van der Waals surface area (Å²) < 4.78 is 0. The maximum Gasteiger partial charge on any atom is 0.282 e. The van der Waals surface area contributed by atoms with Gasteiger partial charge < -0.3 is 10.6 Å². The van der Waals surface area contributed by atoms with Gasteiger partial charge in [-0.15, -0.1) is 0 Å². The van der Waals surface area contributed by atoms with Crippen molar-refractivity contribution < 1.29 is 14.5 Å². The Labute approximate surface area is 202 Å². The largest absolute Gasteiger partial charge is 0.332 e. The molecule has 0 aromatic heterocycles. The van der Waals surface area contributed by atoms with Crippen molar-refractivity contribution in [2.45, 2.75) is 26.2 Å². The molecule has 0 heterocycles. The van der Waals surface area contributed by atoms with Crippen molar-refractivity contribution in [3.05, 3.63) is 99.6 Å². The van der Waals surface area contributed by atoms with Crippen LogP contribution in [-0.2, 0) is 5.41 Å². The van der Waals surface area contributed by atoms with E-state index >= 15 is 0 Å². The summed E-state index contributed by atoms with van der Waals surface area (Å²) in [6.45, 7) is 6.32. The molecule has 0 aliphatic rings. The van der Waals surface area contributed by atoms with Gasteiger partial charge in [-0.2, -0.15) is 0 Å². The first-order valence-electron chi connectivity index (χ1n) is 10.4. The van der Waals surface area contributed by atoms with Crippen LogP contribution in [0.4, 0.5) is 17.1 Å². The zero-order valence-corrected chi connectivity index (χ0v) is 19.7. The second-order valence-electron chi connectivity index (χ2n) is 8.54. The Hall–Kier alpha value is -4.11. The normalized spacial score (nSPS) is 10.8. The monoisotopic (exact) mass is 476 g/mol. The molecule has 174 valence electrons. The first-order chi connectivity index (χ1) is 16.0. The summed E-state index contributed by atoms with van der Waals surface area (Å²) in [7, 11) is 0. The number of nitrogens with zero attached hydrogens (tertiary/aromatic N) is 1. The SMILES string of the molecule is CC(C)(C)c1ccc(C(=O)Nc2cccc(NC(=S)NC(=O)c3ccccc3[N+](=O)[O-])c2)cc1. The molecule has 3 aromatic rings. The topological polar surface area (TPSA) is 113 Å². The van der Waals surface area contributed by atoms with E-state index in [2.05, 4.69) is 36.7 Å².